The third-order valence-electron chi connectivity index (χ3n) is 4.88. The van der Waals surface area contributed by atoms with Gasteiger partial charge in [-0.15, -0.1) is 0 Å². The van der Waals surface area contributed by atoms with Gasteiger partial charge in [0.05, 0.1) is 25.4 Å². The molecule has 0 aliphatic carbocycles. The summed E-state index contributed by atoms with van der Waals surface area (Å²) >= 11 is 0. The van der Waals surface area contributed by atoms with Gasteiger partial charge in [-0.05, 0) is 20.8 Å². The van der Waals surface area contributed by atoms with Crippen LogP contribution in [-0.4, -0.2) is 61.5 Å². The fourth-order valence-electron chi connectivity index (χ4n) is 3.73. The molecule has 0 saturated carbocycles. The van der Waals surface area contributed by atoms with Crippen molar-refractivity contribution in [2.24, 2.45) is 14.1 Å². The highest BCUT2D eigenvalue weighted by Crippen LogP contribution is 2.17. The summed E-state index contributed by atoms with van der Waals surface area (Å²) in [6, 6.07) is 0. The number of fused-ring (bicyclic) bond motifs is 1. The van der Waals surface area contributed by atoms with Gasteiger partial charge in [0.15, 0.2) is 11.2 Å². The lowest BCUT2D eigenvalue weighted by Crippen LogP contribution is -2.45. The van der Waals surface area contributed by atoms with Crippen LogP contribution in [0.1, 0.15) is 26.6 Å². The van der Waals surface area contributed by atoms with Crippen LogP contribution >= 0.6 is 0 Å². The van der Waals surface area contributed by atoms with Gasteiger partial charge in [0.25, 0.3) is 5.56 Å². The Bertz CT molecular complexity index is 994. The second kappa shape index (κ2) is 7.88. The van der Waals surface area contributed by atoms with E-state index in [1.807, 2.05) is 13.8 Å². The molecule has 10 heteroatoms. The van der Waals surface area contributed by atoms with Crippen LogP contribution in [0.4, 0.5) is 0 Å². The first-order chi connectivity index (χ1) is 13.2. The Kier molecular flexibility index (Phi) is 5.71. The van der Waals surface area contributed by atoms with E-state index in [2.05, 4.69) is 9.88 Å². The average Bonchev–Trinajstić information content (AvgIpc) is 2.95. The van der Waals surface area contributed by atoms with Crippen molar-refractivity contribution in [1.29, 1.82) is 0 Å². The van der Waals surface area contributed by atoms with Gasteiger partial charge in [0.1, 0.15) is 12.4 Å². The molecule has 0 aromatic carbocycles. The topological polar surface area (TPSA) is 101 Å². The fourth-order valence-corrected chi connectivity index (χ4v) is 3.73. The van der Waals surface area contributed by atoms with Gasteiger partial charge in [-0.1, -0.05) is 0 Å². The van der Waals surface area contributed by atoms with Gasteiger partial charge >= 0.3 is 11.7 Å². The van der Waals surface area contributed by atoms with Gasteiger partial charge in [0, 0.05) is 27.2 Å². The van der Waals surface area contributed by atoms with Crippen molar-refractivity contribution in [1.82, 2.24) is 23.6 Å². The second-order valence-electron chi connectivity index (χ2n) is 7.25. The second-order valence-corrected chi connectivity index (χ2v) is 7.25. The van der Waals surface area contributed by atoms with E-state index in [4.69, 9.17) is 9.47 Å². The molecule has 3 heterocycles. The number of aromatic nitrogens is 4. The maximum Gasteiger partial charge on any atom is 0.332 e. The van der Waals surface area contributed by atoms with Crippen molar-refractivity contribution in [2.75, 3.05) is 19.7 Å². The summed E-state index contributed by atoms with van der Waals surface area (Å²) in [7, 11) is 2.98. The number of esters is 1. The molecule has 0 N–H and O–H groups in total. The molecule has 3 rings (SSSR count). The summed E-state index contributed by atoms with van der Waals surface area (Å²) in [4.78, 5) is 44.0. The Morgan fingerprint density at radius 1 is 1.18 bits per heavy atom. The van der Waals surface area contributed by atoms with Crippen molar-refractivity contribution >= 4 is 17.1 Å². The van der Waals surface area contributed by atoms with Gasteiger partial charge in [-0.2, -0.15) is 0 Å². The molecule has 0 amide bonds. The van der Waals surface area contributed by atoms with E-state index >= 15 is 0 Å². The molecule has 0 unspecified atom stereocenters. The first-order valence-corrected chi connectivity index (χ1v) is 9.41. The van der Waals surface area contributed by atoms with E-state index in [1.165, 1.54) is 11.6 Å². The number of ether oxygens (including phenoxy) is 2. The summed E-state index contributed by atoms with van der Waals surface area (Å²) in [5.74, 6) is 0.0883. The van der Waals surface area contributed by atoms with Crippen molar-refractivity contribution in [3.8, 4) is 0 Å². The standard InChI is InChI=1S/C18H27N5O5/c1-6-27-14(24)10-23-13(9-22-7-11(2)28-12(3)8-22)19-16-15(23)17(25)21(5)18(26)20(16)4/h11-12H,6-10H2,1-5H3/t11-,12-/m1/s1. The van der Waals surface area contributed by atoms with E-state index < -0.39 is 17.2 Å². The number of imidazole rings is 1. The zero-order valence-corrected chi connectivity index (χ0v) is 17.0. The molecule has 0 radical (unpaired) electrons. The zero-order valence-electron chi connectivity index (χ0n) is 17.0. The molecule has 2 atom stereocenters. The van der Waals surface area contributed by atoms with Gasteiger partial charge < -0.3 is 14.0 Å². The Morgan fingerprint density at radius 2 is 1.82 bits per heavy atom. The van der Waals surface area contributed by atoms with Gasteiger partial charge in [-0.3, -0.25) is 23.6 Å². The third-order valence-corrected chi connectivity index (χ3v) is 4.88. The Labute approximate surface area is 162 Å². The highest BCUT2D eigenvalue weighted by molar-refractivity contribution is 5.76. The SMILES string of the molecule is CCOC(=O)Cn1c(CN2C[C@@H](C)O[C@H](C)C2)nc2c1c(=O)n(C)c(=O)n2C. The molecule has 2 aromatic rings. The van der Waals surface area contributed by atoms with E-state index in [-0.39, 0.29) is 36.5 Å². The Hall–Kier alpha value is -2.46. The summed E-state index contributed by atoms with van der Waals surface area (Å²) < 4.78 is 14.8. The monoisotopic (exact) mass is 393 g/mol. The van der Waals surface area contributed by atoms with E-state index in [1.54, 1.807) is 18.5 Å². The van der Waals surface area contributed by atoms with Crippen LogP contribution in [0.2, 0.25) is 0 Å². The van der Waals surface area contributed by atoms with Crippen LogP contribution in [0.15, 0.2) is 9.59 Å². The van der Waals surface area contributed by atoms with Crippen molar-refractivity contribution in [2.45, 2.75) is 46.1 Å². The van der Waals surface area contributed by atoms with Crippen molar-refractivity contribution in [3.05, 3.63) is 26.7 Å². The Balaban J connectivity index is 2.11. The molecule has 1 saturated heterocycles. The van der Waals surface area contributed by atoms with Gasteiger partial charge in [0.2, 0.25) is 0 Å². The molecular weight excluding hydrogens is 366 g/mol. The van der Waals surface area contributed by atoms with E-state index in [9.17, 15) is 14.4 Å². The van der Waals surface area contributed by atoms with Crippen molar-refractivity contribution < 1.29 is 14.3 Å². The highest BCUT2D eigenvalue weighted by atomic mass is 16.5. The zero-order chi connectivity index (χ0) is 20.6. The number of aryl methyl sites for hydroxylation is 1. The summed E-state index contributed by atoms with van der Waals surface area (Å²) in [5, 5.41) is 0. The normalized spacial score (nSPS) is 20.6. The molecule has 1 fully saturated rings. The van der Waals surface area contributed by atoms with Crippen LogP contribution in [0.3, 0.4) is 0 Å². The van der Waals surface area contributed by atoms with Gasteiger partial charge in [-0.25, -0.2) is 9.78 Å². The molecule has 1 aliphatic heterocycles. The minimum atomic E-state index is -0.482. The van der Waals surface area contributed by atoms with Crippen LogP contribution in [0.5, 0.6) is 0 Å². The quantitative estimate of drug-likeness (QED) is 0.638. The van der Waals surface area contributed by atoms with Crippen LogP contribution < -0.4 is 11.2 Å². The average molecular weight is 393 g/mol. The largest absolute Gasteiger partial charge is 0.465 e. The minimum absolute atomic E-state index is 0.0730. The van der Waals surface area contributed by atoms with Crippen LogP contribution in [0.25, 0.3) is 11.2 Å². The summed E-state index contributed by atoms with van der Waals surface area (Å²) in [6.45, 7) is 7.70. The number of hydrogen-bond acceptors (Lipinski definition) is 7. The maximum atomic E-state index is 12.8. The third kappa shape index (κ3) is 3.74. The molecule has 10 nitrogen and oxygen atoms in total. The molecule has 2 aromatic heterocycles. The highest BCUT2D eigenvalue weighted by Gasteiger charge is 2.26. The van der Waals surface area contributed by atoms with E-state index in [0.717, 1.165) is 4.57 Å². The number of carbonyl (C=O) groups excluding carboxylic acids is 1. The first-order valence-electron chi connectivity index (χ1n) is 9.41. The Morgan fingerprint density at radius 3 is 2.43 bits per heavy atom. The lowest BCUT2D eigenvalue weighted by molar-refractivity contribution is -0.143. The van der Waals surface area contributed by atoms with Crippen molar-refractivity contribution in [3.63, 3.8) is 0 Å². The van der Waals surface area contributed by atoms with E-state index in [0.29, 0.717) is 25.5 Å². The number of hydrogen-bond donors (Lipinski definition) is 0. The molecule has 0 bridgehead atoms. The molecule has 28 heavy (non-hydrogen) atoms. The maximum absolute atomic E-state index is 12.8. The van der Waals surface area contributed by atoms with Crippen LogP contribution in [0, 0.1) is 0 Å². The minimum Gasteiger partial charge on any atom is -0.465 e. The lowest BCUT2D eigenvalue weighted by Gasteiger charge is -2.35. The molecular formula is C18H27N5O5. The number of nitrogens with zero attached hydrogens (tertiary/aromatic N) is 5. The number of carbonyl (C=O) groups is 1. The first kappa shape index (κ1) is 20.3. The van der Waals surface area contributed by atoms with Crippen LogP contribution in [-0.2, 0) is 41.5 Å². The number of morpholine rings is 1. The number of rotatable bonds is 5. The smallest absolute Gasteiger partial charge is 0.332 e. The predicted octanol–water partition coefficient (Wildman–Crippen LogP) is -0.394. The molecule has 0 spiro atoms. The lowest BCUT2D eigenvalue weighted by atomic mass is 10.2. The molecule has 154 valence electrons. The summed E-state index contributed by atoms with van der Waals surface area (Å²) in [5.41, 5.74) is -0.452. The summed E-state index contributed by atoms with van der Waals surface area (Å²) in [6.07, 6.45) is 0.146. The molecule has 1 aliphatic rings. The predicted molar refractivity (Wildman–Crippen MR) is 102 cm³/mol. The fraction of sp³-hybridized carbons (Fsp3) is 0.667.